The Kier molecular flexibility index (Phi) is 4.84. The van der Waals surface area contributed by atoms with Crippen LogP contribution in [0, 0.1) is 12.8 Å². The summed E-state index contributed by atoms with van der Waals surface area (Å²) in [6, 6.07) is 15.8. The Morgan fingerprint density at radius 1 is 1.06 bits per heavy atom. The number of amides is 2. The summed E-state index contributed by atoms with van der Waals surface area (Å²) in [5.74, 6) is 0.601. The Morgan fingerprint density at radius 3 is 2.55 bits per heavy atom. The summed E-state index contributed by atoms with van der Waals surface area (Å²) in [6.07, 6.45) is 1.47. The van der Waals surface area contributed by atoms with E-state index in [9.17, 15) is 9.59 Å². The van der Waals surface area contributed by atoms with Crippen LogP contribution in [0.3, 0.4) is 0 Å². The zero-order valence-corrected chi connectivity index (χ0v) is 18.4. The Balaban J connectivity index is 1.63. The molecule has 1 saturated heterocycles. The van der Waals surface area contributed by atoms with Crippen molar-refractivity contribution in [2.75, 3.05) is 13.1 Å². The highest BCUT2D eigenvalue weighted by atomic mass is 16.2. The highest BCUT2D eigenvalue weighted by molar-refractivity contribution is 5.97. The molecule has 2 aromatic carbocycles. The van der Waals surface area contributed by atoms with Crippen LogP contribution in [0.5, 0.6) is 0 Å². The topological polar surface area (TPSA) is 56.4 Å². The summed E-state index contributed by atoms with van der Waals surface area (Å²) in [7, 11) is 0. The van der Waals surface area contributed by atoms with Crippen molar-refractivity contribution >= 4 is 22.7 Å². The monoisotopic (exact) mass is 415 g/mol. The molecule has 3 heterocycles. The van der Waals surface area contributed by atoms with E-state index in [1.165, 1.54) is 5.56 Å². The van der Waals surface area contributed by atoms with Crippen LogP contribution in [0.4, 0.5) is 0 Å². The van der Waals surface area contributed by atoms with Gasteiger partial charge in [-0.2, -0.15) is 0 Å². The van der Waals surface area contributed by atoms with Gasteiger partial charge in [0.15, 0.2) is 0 Å². The minimum atomic E-state index is -0.452. The lowest BCUT2D eigenvalue weighted by molar-refractivity contribution is -0.158. The summed E-state index contributed by atoms with van der Waals surface area (Å²) in [5.41, 5.74) is 5.47. The number of aryl methyl sites for hydroxylation is 1. The average molecular weight is 416 g/mol. The fraction of sp³-hybridized carbons (Fsp3) is 0.385. The van der Waals surface area contributed by atoms with E-state index in [4.69, 9.17) is 0 Å². The molecule has 1 N–H and O–H groups in total. The van der Waals surface area contributed by atoms with Gasteiger partial charge in [0, 0.05) is 29.6 Å². The number of nitrogens with zero attached hydrogens (tertiary/aromatic N) is 2. The molecule has 1 aromatic heterocycles. The normalized spacial score (nSPS) is 21.0. The zero-order chi connectivity index (χ0) is 21.7. The molecule has 5 nitrogen and oxygen atoms in total. The van der Waals surface area contributed by atoms with Gasteiger partial charge in [0.1, 0.15) is 6.04 Å². The third-order valence-corrected chi connectivity index (χ3v) is 6.71. The first-order valence-electron chi connectivity index (χ1n) is 11.2. The molecule has 0 radical (unpaired) electrons. The maximum Gasteiger partial charge on any atom is 0.246 e. The molecule has 5 heteroatoms. The number of hydrogen-bond donors (Lipinski definition) is 1. The SMILES string of the molecule is Cc1ccc([C@H]2c3[nH]c4ccccc4c3C[C@H]3C(=O)N(CCC(C)C)CC(=O)N23)cc1. The fourth-order valence-electron chi connectivity index (χ4n) is 5.02. The minimum Gasteiger partial charge on any atom is -0.356 e. The van der Waals surface area contributed by atoms with E-state index in [1.807, 2.05) is 17.0 Å². The van der Waals surface area contributed by atoms with Crippen molar-refractivity contribution in [1.82, 2.24) is 14.8 Å². The van der Waals surface area contributed by atoms with Gasteiger partial charge in [0.05, 0.1) is 12.6 Å². The lowest BCUT2D eigenvalue weighted by Gasteiger charge is -2.47. The summed E-state index contributed by atoms with van der Waals surface area (Å²) < 4.78 is 0. The highest BCUT2D eigenvalue weighted by Gasteiger charge is 2.48. The van der Waals surface area contributed by atoms with Gasteiger partial charge in [-0.05, 0) is 36.5 Å². The second-order valence-corrected chi connectivity index (χ2v) is 9.34. The number of hydrogen-bond acceptors (Lipinski definition) is 2. The molecular weight excluding hydrogens is 386 g/mol. The van der Waals surface area contributed by atoms with E-state index in [-0.39, 0.29) is 24.4 Å². The van der Waals surface area contributed by atoms with Crippen LogP contribution >= 0.6 is 0 Å². The molecule has 1 fully saturated rings. The van der Waals surface area contributed by atoms with Crippen molar-refractivity contribution in [2.45, 2.75) is 45.7 Å². The second-order valence-electron chi connectivity index (χ2n) is 9.34. The molecule has 5 rings (SSSR count). The third-order valence-electron chi connectivity index (χ3n) is 6.71. The predicted octanol–water partition coefficient (Wildman–Crippen LogP) is 4.21. The van der Waals surface area contributed by atoms with Crippen LogP contribution in [-0.2, 0) is 16.0 Å². The zero-order valence-electron chi connectivity index (χ0n) is 18.4. The lowest BCUT2D eigenvalue weighted by Crippen LogP contribution is -2.63. The minimum absolute atomic E-state index is 0.0308. The molecule has 2 atom stereocenters. The number of piperazine rings is 1. The Morgan fingerprint density at radius 2 is 1.81 bits per heavy atom. The van der Waals surface area contributed by atoms with Crippen LogP contribution in [0.2, 0.25) is 0 Å². The second kappa shape index (κ2) is 7.56. The Hall–Kier alpha value is -3.08. The van der Waals surface area contributed by atoms with Crippen LogP contribution in [-0.4, -0.2) is 45.7 Å². The first-order chi connectivity index (χ1) is 14.9. The van der Waals surface area contributed by atoms with Crippen molar-refractivity contribution < 1.29 is 9.59 Å². The van der Waals surface area contributed by atoms with Crippen molar-refractivity contribution in [3.05, 3.63) is 70.9 Å². The molecule has 0 saturated carbocycles. The Bertz CT molecular complexity index is 1150. The maximum absolute atomic E-state index is 13.5. The summed E-state index contributed by atoms with van der Waals surface area (Å²) in [4.78, 5) is 34.2. The third kappa shape index (κ3) is 3.32. The number of rotatable bonds is 4. The van der Waals surface area contributed by atoms with Crippen LogP contribution in [0.15, 0.2) is 48.5 Å². The Labute approximate surface area is 183 Å². The fourth-order valence-corrected chi connectivity index (χ4v) is 5.02. The van der Waals surface area contributed by atoms with E-state index in [0.717, 1.165) is 34.1 Å². The summed E-state index contributed by atoms with van der Waals surface area (Å²) in [5, 5.41) is 1.15. The number of carbonyl (C=O) groups is 2. The molecule has 2 aliphatic heterocycles. The standard InChI is InChI=1S/C26H29N3O2/c1-16(2)12-13-28-15-23(30)29-22(26(28)31)14-20-19-6-4-5-7-21(19)27-24(20)25(29)18-10-8-17(3)9-11-18/h4-11,16,22,25,27H,12-15H2,1-3H3/t22-,25-/m0/s1. The number of nitrogens with one attached hydrogen (secondary N) is 1. The molecule has 0 aliphatic carbocycles. The first kappa shape index (κ1) is 19.9. The molecule has 2 amide bonds. The van der Waals surface area contributed by atoms with Crippen molar-refractivity contribution in [3.63, 3.8) is 0 Å². The number of fused-ring (bicyclic) bond motifs is 4. The molecule has 0 spiro atoms. The number of para-hydroxylation sites is 1. The molecule has 31 heavy (non-hydrogen) atoms. The van der Waals surface area contributed by atoms with Crippen LogP contribution in [0.25, 0.3) is 10.9 Å². The van der Waals surface area contributed by atoms with E-state index in [0.29, 0.717) is 18.9 Å². The van der Waals surface area contributed by atoms with Gasteiger partial charge in [-0.15, -0.1) is 0 Å². The van der Waals surface area contributed by atoms with Gasteiger partial charge >= 0.3 is 0 Å². The molecular formula is C26H29N3O2. The lowest BCUT2D eigenvalue weighted by atomic mass is 9.86. The van der Waals surface area contributed by atoms with Crippen molar-refractivity contribution in [2.24, 2.45) is 5.92 Å². The van der Waals surface area contributed by atoms with E-state index < -0.39 is 6.04 Å². The van der Waals surface area contributed by atoms with Gasteiger partial charge in [-0.3, -0.25) is 9.59 Å². The summed E-state index contributed by atoms with van der Waals surface area (Å²) >= 11 is 0. The number of aromatic amines is 1. The van der Waals surface area contributed by atoms with Crippen molar-refractivity contribution in [1.29, 1.82) is 0 Å². The molecule has 0 unspecified atom stereocenters. The van der Waals surface area contributed by atoms with Gasteiger partial charge < -0.3 is 14.8 Å². The largest absolute Gasteiger partial charge is 0.356 e. The van der Waals surface area contributed by atoms with Crippen molar-refractivity contribution in [3.8, 4) is 0 Å². The van der Waals surface area contributed by atoms with Crippen LogP contribution < -0.4 is 0 Å². The summed E-state index contributed by atoms with van der Waals surface area (Å²) in [6.45, 7) is 7.16. The predicted molar refractivity (Wildman–Crippen MR) is 122 cm³/mol. The number of aromatic nitrogens is 1. The van der Waals surface area contributed by atoms with Crippen LogP contribution in [0.1, 0.15) is 48.7 Å². The molecule has 2 aliphatic rings. The highest BCUT2D eigenvalue weighted by Crippen LogP contribution is 2.42. The molecule has 3 aromatic rings. The number of H-pyrrole nitrogens is 1. The quantitative estimate of drug-likeness (QED) is 0.694. The maximum atomic E-state index is 13.5. The van der Waals surface area contributed by atoms with Gasteiger partial charge in [0.25, 0.3) is 0 Å². The van der Waals surface area contributed by atoms with Gasteiger partial charge in [-0.1, -0.05) is 61.9 Å². The van der Waals surface area contributed by atoms with E-state index in [2.05, 4.69) is 62.2 Å². The van der Waals surface area contributed by atoms with E-state index in [1.54, 1.807) is 4.90 Å². The smallest absolute Gasteiger partial charge is 0.246 e. The molecule has 160 valence electrons. The van der Waals surface area contributed by atoms with Gasteiger partial charge in [0.2, 0.25) is 11.8 Å². The van der Waals surface area contributed by atoms with Gasteiger partial charge in [-0.25, -0.2) is 0 Å². The average Bonchev–Trinajstić information content (AvgIpc) is 3.13. The number of benzene rings is 2. The molecule has 0 bridgehead atoms. The first-order valence-corrected chi connectivity index (χ1v) is 11.2. The van der Waals surface area contributed by atoms with E-state index >= 15 is 0 Å². The number of carbonyl (C=O) groups excluding carboxylic acids is 2.